The van der Waals surface area contributed by atoms with Crippen LogP contribution in [0.3, 0.4) is 0 Å². The van der Waals surface area contributed by atoms with Gasteiger partial charge in [0.25, 0.3) is 0 Å². The first kappa shape index (κ1) is 20.2. The van der Waals surface area contributed by atoms with Crippen LogP contribution in [-0.4, -0.2) is 38.9 Å². The molecule has 1 atom stereocenters. The van der Waals surface area contributed by atoms with Gasteiger partial charge in [-0.3, -0.25) is 14.3 Å². The second kappa shape index (κ2) is 9.58. The zero-order chi connectivity index (χ0) is 20.8. The number of carbonyl (C=O) groups excluding carboxylic acids is 2. The Morgan fingerprint density at radius 2 is 1.87 bits per heavy atom. The Kier molecular flexibility index (Phi) is 6.44. The molecule has 0 aliphatic carbocycles. The van der Waals surface area contributed by atoms with Crippen LogP contribution in [0.5, 0.6) is 0 Å². The molecule has 2 amide bonds. The number of nitrogens with zero attached hydrogens (tertiary/aromatic N) is 4. The summed E-state index contributed by atoms with van der Waals surface area (Å²) in [6.07, 6.45) is 3.41. The maximum absolute atomic E-state index is 12.8. The molecule has 3 aromatic rings. The van der Waals surface area contributed by atoms with E-state index in [1.165, 1.54) is 6.33 Å². The Morgan fingerprint density at radius 3 is 2.67 bits per heavy atom. The molecule has 0 fully saturated rings. The van der Waals surface area contributed by atoms with Crippen LogP contribution in [0.1, 0.15) is 24.4 Å². The first-order valence-electron chi connectivity index (χ1n) is 9.89. The zero-order valence-electron chi connectivity index (χ0n) is 16.5. The number of benzene rings is 2. The molecule has 1 aliphatic rings. The lowest BCUT2D eigenvalue weighted by Crippen LogP contribution is -2.37. The van der Waals surface area contributed by atoms with Gasteiger partial charge in [0, 0.05) is 30.0 Å². The van der Waals surface area contributed by atoms with Gasteiger partial charge in [-0.15, -0.1) is 11.8 Å². The van der Waals surface area contributed by atoms with E-state index in [1.54, 1.807) is 27.7 Å². The van der Waals surface area contributed by atoms with E-state index in [-0.39, 0.29) is 30.7 Å². The van der Waals surface area contributed by atoms with E-state index >= 15 is 0 Å². The molecule has 1 aliphatic heterocycles. The Labute approximate surface area is 179 Å². The Balaban J connectivity index is 1.37. The topological polar surface area (TPSA) is 80.1 Å². The van der Waals surface area contributed by atoms with Crippen LogP contribution in [0, 0.1) is 0 Å². The van der Waals surface area contributed by atoms with E-state index in [9.17, 15) is 9.59 Å². The number of aromatic nitrogens is 3. The second-order valence-corrected chi connectivity index (χ2v) is 8.15. The zero-order valence-corrected chi connectivity index (χ0v) is 17.3. The predicted molar refractivity (Wildman–Crippen MR) is 116 cm³/mol. The molecule has 8 heteroatoms. The smallest absolute Gasteiger partial charge is 0.227 e. The van der Waals surface area contributed by atoms with E-state index in [4.69, 9.17) is 0 Å². The molecule has 1 aromatic heterocycles. The third kappa shape index (κ3) is 4.88. The fourth-order valence-corrected chi connectivity index (χ4v) is 4.48. The summed E-state index contributed by atoms with van der Waals surface area (Å²) in [6.45, 7) is 1.14. The standard InChI is InChI=1S/C22H23N5O2S/c28-21(10-11-22(29)27-12-13-30-20-9-5-4-8-19(20)27)25-18(14-26-16-23-15-24-26)17-6-2-1-3-7-17/h1-9,15-16,18H,10-14H2,(H,25,28). The van der Waals surface area contributed by atoms with Gasteiger partial charge >= 0.3 is 0 Å². The largest absolute Gasteiger partial charge is 0.347 e. The molecule has 0 radical (unpaired) electrons. The number of nitrogens with one attached hydrogen (secondary N) is 1. The lowest BCUT2D eigenvalue weighted by molar-refractivity contribution is -0.125. The lowest BCUT2D eigenvalue weighted by atomic mass is 10.1. The third-order valence-electron chi connectivity index (χ3n) is 4.97. The molecule has 1 unspecified atom stereocenters. The highest BCUT2D eigenvalue weighted by atomic mass is 32.2. The predicted octanol–water partition coefficient (Wildman–Crippen LogP) is 3.05. The highest BCUT2D eigenvalue weighted by Gasteiger charge is 2.23. The molecule has 0 saturated heterocycles. The van der Waals surface area contributed by atoms with Gasteiger partial charge in [0.2, 0.25) is 11.8 Å². The van der Waals surface area contributed by atoms with Crippen molar-refractivity contribution in [3.05, 3.63) is 72.8 Å². The average molecular weight is 422 g/mol. The normalized spacial score (nSPS) is 14.1. The fourth-order valence-electron chi connectivity index (χ4n) is 3.48. The van der Waals surface area contributed by atoms with Gasteiger partial charge in [-0.1, -0.05) is 42.5 Å². The van der Waals surface area contributed by atoms with Crippen LogP contribution >= 0.6 is 11.8 Å². The molecule has 30 heavy (non-hydrogen) atoms. The Bertz CT molecular complexity index is 994. The number of anilines is 1. The number of hydrogen-bond acceptors (Lipinski definition) is 5. The molecule has 154 valence electrons. The fraction of sp³-hybridized carbons (Fsp3) is 0.273. The van der Waals surface area contributed by atoms with Crippen LogP contribution < -0.4 is 10.2 Å². The summed E-state index contributed by atoms with van der Waals surface area (Å²) in [5.74, 6) is 0.686. The van der Waals surface area contributed by atoms with Gasteiger partial charge in [0.15, 0.2) is 0 Å². The van der Waals surface area contributed by atoms with E-state index in [0.29, 0.717) is 13.1 Å². The summed E-state index contributed by atoms with van der Waals surface area (Å²) in [5.41, 5.74) is 1.92. The van der Waals surface area contributed by atoms with Gasteiger partial charge in [0.1, 0.15) is 12.7 Å². The molecule has 0 spiro atoms. The van der Waals surface area contributed by atoms with Crippen LogP contribution in [0.15, 0.2) is 72.1 Å². The van der Waals surface area contributed by atoms with Crippen LogP contribution in [0.25, 0.3) is 0 Å². The molecule has 2 aromatic carbocycles. The quantitative estimate of drug-likeness (QED) is 0.634. The SMILES string of the molecule is O=C(CCC(=O)N1CCSc2ccccc21)NC(Cn1cncn1)c1ccccc1. The van der Waals surface area contributed by atoms with E-state index < -0.39 is 0 Å². The minimum atomic E-state index is -0.248. The molecule has 0 bridgehead atoms. The van der Waals surface area contributed by atoms with Crippen LogP contribution in [-0.2, 0) is 16.1 Å². The molecule has 4 rings (SSSR count). The number of para-hydroxylation sites is 1. The minimum absolute atomic E-state index is 0.0227. The van der Waals surface area contributed by atoms with E-state index in [2.05, 4.69) is 15.4 Å². The maximum atomic E-state index is 12.8. The van der Waals surface area contributed by atoms with E-state index in [1.807, 2.05) is 54.6 Å². The van der Waals surface area contributed by atoms with Crippen molar-refractivity contribution in [1.82, 2.24) is 20.1 Å². The highest BCUT2D eigenvalue weighted by molar-refractivity contribution is 7.99. The van der Waals surface area contributed by atoms with Crippen molar-refractivity contribution in [2.45, 2.75) is 30.3 Å². The van der Waals surface area contributed by atoms with Gasteiger partial charge < -0.3 is 10.2 Å². The van der Waals surface area contributed by atoms with Gasteiger partial charge in [-0.2, -0.15) is 5.10 Å². The molecular formula is C22H23N5O2S. The number of amides is 2. The number of rotatable bonds is 7. The summed E-state index contributed by atoms with van der Waals surface area (Å²) in [6, 6.07) is 17.4. The Hall–Kier alpha value is -3.13. The summed E-state index contributed by atoms with van der Waals surface area (Å²) in [5, 5.41) is 7.18. The summed E-state index contributed by atoms with van der Waals surface area (Å²) < 4.78 is 1.69. The average Bonchev–Trinajstić information content (AvgIpc) is 3.30. The summed E-state index contributed by atoms with van der Waals surface area (Å²) >= 11 is 1.76. The monoisotopic (exact) mass is 421 g/mol. The minimum Gasteiger partial charge on any atom is -0.347 e. The molecule has 0 saturated carbocycles. The molecular weight excluding hydrogens is 398 g/mol. The lowest BCUT2D eigenvalue weighted by Gasteiger charge is -2.29. The molecule has 7 nitrogen and oxygen atoms in total. The van der Waals surface area contributed by atoms with Crippen molar-refractivity contribution in [1.29, 1.82) is 0 Å². The number of thioether (sulfide) groups is 1. The van der Waals surface area contributed by atoms with Crippen LogP contribution in [0.2, 0.25) is 0 Å². The van der Waals surface area contributed by atoms with Gasteiger partial charge in [0.05, 0.1) is 18.3 Å². The first-order valence-corrected chi connectivity index (χ1v) is 10.9. The first-order chi connectivity index (χ1) is 14.7. The van der Waals surface area contributed by atoms with Crippen molar-refractivity contribution >= 4 is 29.3 Å². The van der Waals surface area contributed by atoms with E-state index in [0.717, 1.165) is 21.9 Å². The third-order valence-corrected chi connectivity index (χ3v) is 6.01. The van der Waals surface area contributed by atoms with Gasteiger partial charge in [-0.25, -0.2) is 4.98 Å². The van der Waals surface area contributed by atoms with Crippen molar-refractivity contribution in [3.8, 4) is 0 Å². The van der Waals surface area contributed by atoms with Crippen molar-refractivity contribution in [3.63, 3.8) is 0 Å². The van der Waals surface area contributed by atoms with Crippen molar-refractivity contribution in [2.24, 2.45) is 0 Å². The number of carbonyl (C=O) groups is 2. The molecule has 2 heterocycles. The van der Waals surface area contributed by atoms with Crippen molar-refractivity contribution in [2.75, 3.05) is 17.2 Å². The van der Waals surface area contributed by atoms with Crippen molar-refractivity contribution < 1.29 is 9.59 Å². The van der Waals surface area contributed by atoms with Crippen LogP contribution in [0.4, 0.5) is 5.69 Å². The summed E-state index contributed by atoms with van der Waals surface area (Å²) in [7, 11) is 0. The maximum Gasteiger partial charge on any atom is 0.227 e. The number of hydrogen-bond donors (Lipinski definition) is 1. The highest BCUT2D eigenvalue weighted by Crippen LogP contribution is 2.34. The number of fused-ring (bicyclic) bond motifs is 1. The second-order valence-electron chi connectivity index (χ2n) is 7.01. The Morgan fingerprint density at radius 1 is 1.07 bits per heavy atom. The summed E-state index contributed by atoms with van der Waals surface area (Å²) in [4.78, 5) is 32.3. The molecule has 1 N–H and O–H groups in total. The van der Waals surface area contributed by atoms with Gasteiger partial charge in [-0.05, 0) is 17.7 Å².